The van der Waals surface area contributed by atoms with Crippen molar-refractivity contribution >= 4 is 11.0 Å². The van der Waals surface area contributed by atoms with Crippen molar-refractivity contribution < 1.29 is 18.6 Å². The van der Waals surface area contributed by atoms with Crippen molar-refractivity contribution in [1.29, 1.82) is 0 Å². The quantitative estimate of drug-likeness (QED) is 0.347. The minimum absolute atomic E-state index is 0.108. The number of rotatable bonds is 8. The van der Waals surface area contributed by atoms with Crippen molar-refractivity contribution in [2.75, 3.05) is 6.61 Å². The van der Waals surface area contributed by atoms with Crippen molar-refractivity contribution in [3.8, 4) is 17.2 Å². The summed E-state index contributed by atoms with van der Waals surface area (Å²) >= 11 is 0. The van der Waals surface area contributed by atoms with Gasteiger partial charge in [0.05, 0.1) is 18.1 Å². The van der Waals surface area contributed by atoms with Gasteiger partial charge in [-0.3, -0.25) is 0 Å². The lowest BCUT2D eigenvalue weighted by molar-refractivity contribution is 0.131. The largest absolute Gasteiger partial charge is 0.488 e. The van der Waals surface area contributed by atoms with Gasteiger partial charge in [-0.1, -0.05) is 19.1 Å². The highest BCUT2D eigenvalue weighted by atomic mass is 16.5. The van der Waals surface area contributed by atoms with E-state index in [4.69, 9.17) is 18.6 Å². The molecule has 2 aromatic rings. The summed E-state index contributed by atoms with van der Waals surface area (Å²) in [6.45, 7) is 12.2. The molecular formula is C22H30O5. The summed E-state index contributed by atoms with van der Waals surface area (Å²) in [5, 5.41) is 0.684. The van der Waals surface area contributed by atoms with E-state index in [0.29, 0.717) is 35.5 Å². The molecule has 0 saturated carbocycles. The predicted molar refractivity (Wildman–Crippen MR) is 108 cm³/mol. The van der Waals surface area contributed by atoms with Crippen LogP contribution in [-0.2, 0) is 0 Å². The summed E-state index contributed by atoms with van der Waals surface area (Å²) in [6, 6.07) is 5.39. The van der Waals surface area contributed by atoms with Gasteiger partial charge in [0.25, 0.3) is 0 Å². The molecule has 1 heterocycles. The summed E-state index contributed by atoms with van der Waals surface area (Å²) in [7, 11) is 0. The molecule has 0 atom stereocenters. The molecule has 0 aliphatic heterocycles. The monoisotopic (exact) mass is 374 g/mol. The first-order chi connectivity index (χ1) is 12.7. The van der Waals surface area contributed by atoms with E-state index in [9.17, 15) is 4.79 Å². The second-order valence-corrected chi connectivity index (χ2v) is 7.60. The van der Waals surface area contributed by atoms with Gasteiger partial charge in [0.2, 0.25) is 5.75 Å². The van der Waals surface area contributed by atoms with Crippen LogP contribution in [0.15, 0.2) is 39.6 Å². The molecule has 0 spiro atoms. The van der Waals surface area contributed by atoms with Crippen molar-refractivity contribution in [2.24, 2.45) is 0 Å². The van der Waals surface area contributed by atoms with Crippen molar-refractivity contribution in [3.63, 3.8) is 0 Å². The molecule has 0 saturated heterocycles. The molecule has 2 rings (SSSR count). The first-order valence-corrected chi connectivity index (χ1v) is 9.45. The third-order valence-electron chi connectivity index (χ3n) is 3.50. The maximum Gasteiger partial charge on any atom is 0.383 e. The molecule has 0 radical (unpaired) electrons. The summed E-state index contributed by atoms with van der Waals surface area (Å²) in [5.41, 5.74) is -0.485. The maximum absolute atomic E-state index is 12.5. The van der Waals surface area contributed by atoms with E-state index in [-0.39, 0.29) is 17.5 Å². The lowest BCUT2D eigenvalue weighted by Gasteiger charge is -2.21. The van der Waals surface area contributed by atoms with Crippen LogP contribution in [0.4, 0.5) is 0 Å². The summed E-state index contributed by atoms with van der Waals surface area (Å²) in [5.74, 6) is 1.16. The molecule has 0 unspecified atom stereocenters. The molecule has 27 heavy (non-hydrogen) atoms. The summed E-state index contributed by atoms with van der Waals surface area (Å²) in [4.78, 5) is 12.5. The van der Waals surface area contributed by atoms with Crippen LogP contribution >= 0.6 is 0 Å². The third-order valence-corrected chi connectivity index (χ3v) is 3.50. The van der Waals surface area contributed by atoms with Gasteiger partial charge in [-0.05, 0) is 59.6 Å². The second kappa shape index (κ2) is 8.98. The van der Waals surface area contributed by atoms with Gasteiger partial charge in [-0.2, -0.15) is 0 Å². The first kappa shape index (κ1) is 20.9. The Bertz CT molecular complexity index is 840. The average Bonchev–Trinajstić information content (AvgIpc) is 2.54. The molecule has 0 aliphatic rings. The average molecular weight is 374 g/mol. The molecule has 0 bridgehead atoms. The first-order valence-electron chi connectivity index (χ1n) is 9.45. The number of ether oxygens (including phenoxy) is 3. The van der Waals surface area contributed by atoms with E-state index < -0.39 is 5.63 Å². The van der Waals surface area contributed by atoms with Crippen LogP contribution in [0.1, 0.15) is 54.4 Å². The summed E-state index contributed by atoms with van der Waals surface area (Å²) in [6.07, 6.45) is 5.67. The van der Waals surface area contributed by atoms with E-state index in [1.165, 1.54) is 0 Å². The second-order valence-electron chi connectivity index (χ2n) is 7.60. The Morgan fingerprint density at radius 2 is 1.89 bits per heavy atom. The number of hydrogen-bond donors (Lipinski definition) is 0. The van der Waals surface area contributed by atoms with E-state index in [1.54, 1.807) is 6.07 Å². The van der Waals surface area contributed by atoms with E-state index in [1.807, 2.05) is 52.8 Å². The van der Waals surface area contributed by atoms with Gasteiger partial charge in [0.15, 0.2) is 5.75 Å². The van der Waals surface area contributed by atoms with Crippen LogP contribution in [0.25, 0.3) is 11.0 Å². The molecule has 0 aliphatic carbocycles. The molecule has 1 aromatic carbocycles. The molecule has 0 N–H and O–H groups in total. The van der Waals surface area contributed by atoms with Crippen LogP contribution in [0.3, 0.4) is 0 Å². The molecule has 5 nitrogen and oxygen atoms in total. The zero-order valence-corrected chi connectivity index (χ0v) is 17.1. The smallest absolute Gasteiger partial charge is 0.383 e. The van der Waals surface area contributed by atoms with Gasteiger partial charge < -0.3 is 18.6 Å². The molecular weight excluding hydrogens is 344 g/mol. The predicted octanol–water partition coefficient (Wildman–Crippen LogP) is 5.49. The van der Waals surface area contributed by atoms with E-state index in [2.05, 4.69) is 13.0 Å². The topological polar surface area (TPSA) is 57.9 Å². The van der Waals surface area contributed by atoms with Crippen molar-refractivity contribution in [2.45, 2.75) is 66.1 Å². The van der Waals surface area contributed by atoms with Crippen LogP contribution in [0.2, 0.25) is 0 Å². The fraction of sp³-hybridized carbons (Fsp3) is 0.500. The Kier molecular flexibility index (Phi) is 6.94. The highest BCUT2D eigenvalue weighted by Gasteiger charge is 2.20. The Morgan fingerprint density at radius 1 is 1.15 bits per heavy atom. The van der Waals surface area contributed by atoms with Gasteiger partial charge in [0, 0.05) is 6.07 Å². The Hall–Kier alpha value is -2.43. The molecule has 0 amide bonds. The Balaban J connectivity index is 2.43. The fourth-order valence-electron chi connectivity index (χ4n) is 2.54. The Labute approximate surface area is 160 Å². The number of fused-ring (bicyclic) bond motifs is 1. The molecule has 5 heteroatoms. The highest BCUT2D eigenvalue weighted by Crippen LogP contribution is 2.36. The van der Waals surface area contributed by atoms with Crippen LogP contribution in [0, 0.1) is 0 Å². The van der Waals surface area contributed by atoms with Crippen molar-refractivity contribution in [3.05, 3.63) is 40.8 Å². The lowest BCUT2D eigenvalue weighted by Crippen LogP contribution is -2.22. The number of hydrogen-bond acceptors (Lipinski definition) is 5. The Morgan fingerprint density at radius 3 is 2.52 bits per heavy atom. The van der Waals surface area contributed by atoms with Gasteiger partial charge >= 0.3 is 5.63 Å². The maximum atomic E-state index is 12.5. The van der Waals surface area contributed by atoms with E-state index >= 15 is 0 Å². The van der Waals surface area contributed by atoms with Crippen molar-refractivity contribution in [1.82, 2.24) is 0 Å². The number of allylic oxidation sites excluding steroid dienone is 1. The molecule has 1 aromatic heterocycles. The minimum atomic E-state index is -0.550. The van der Waals surface area contributed by atoms with Crippen LogP contribution < -0.4 is 19.8 Å². The SMILES string of the molecule is CC/C=C/CCOc1c(OC(C)C)c2ccc(OC(C)(C)C)cc2oc1=O. The van der Waals surface area contributed by atoms with Gasteiger partial charge in [0.1, 0.15) is 16.9 Å². The number of benzene rings is 1. The van der Waals surface area contributed by atoms with Crippen LogP contribution in [-0.4, -0.2) is 18.3 Å². The summed E-state index contributed by atoms with van der Waals surface area (Å²) < 4.78 is 23.0. The van der Waals surface area contributed by atoms with Gasteiger partial charge in [-0.25, -0.2) is 4.79 Å². The van der Waals surface area contributed by atoms with E-state index in [0.717, 1.165) is 6.42 Å². The normalized spacial score (nSPS) is 12.1. The highest BCUT2D eigenvalue weighted by molar-refractivity contribution is 5.86. The zero-order chi connectivity index (χ0) is 20.0. The fourth-order valence-corrected chi connectivity index (χ4v) is 2.54. The van der Waals surface area contributed by atoms with Crippen LogP contribution in [0.5, 0.6) is 17.2 Å². The van der Waals surface area contributed by atoms with Gasteiger partial charge in [-0.15, -0.1) is 0 Å². The molecule has 148 valence electrons. The minimum Gasteiger partial charge on any atom is -0.488 e. The third kappa shape index (κ3) is 6.05. The lowest BCUT2D eigenvalue weighted by atomic mass is 10.1. The zero-order valence-electron chi connectivity index (χ0n) is 17.1. The standard InChI is InChI=1S/C22H30O5/c1-7-8-9-10-13-24-20-19(25-15(2)3)17-12-11-16(27-22(4,5)6)14-18(17)26-21(20)23/h8-9,11-12,14-15H,7,10,13H2,1-6H3/b9-8+. The molecule has 0 fully saturated rings.